The monoisotopic (exact) mass is 474 g/mol. The third kappa shape index (κ3) is 3.65. The quantitative estimate of drug-likeness (QED) is 0.328. The highest BCUT2D eigenvalue weighted by Crippen LogP contribution is 2.25. The first-order chi connectivity index (χ1) is 17.1. The second-order valence-electron chi connectivity index (χ2n) is 8.37. The lowest BCUT2D eigenvalue weighted by molar-refractivity contribution is 0.0486. The Morgan fingerprint density at radius 2 is 2.03 bits per heavy atom. The van der Waals surface area contributed by atoms with Gasteiger partial charge in [0, 0.05) is 32.9 Å². The number of amides is 1. The van der Waals surface area contributed by atoms with Crippen molar-refractivity contribution in [1.82, 2.24) is 48.8 Å². The Morgan fingerprint density at radius 3 is 2.83 bits per heavy atom. The normalized spacial score (nSPS) is 14.1. The summed E-state index contributed by atoms with van der Waals surface area (Å²) in [5.74, 6) is -0.162. The summed E-state index contributed by atoms with van der Waals surface area (Å²) in [6.07, 6.45) is 6.74. The molecule has 1 fully saturated rings. The van der Waals surface area contributed by atoms with Crippen LogP contribution >= 0.6 is 0 Å². The van der Waals surface area contributed by atoms with E-state index in [2.05, 4.69) is 25.5 Å². The van der Waals surface area contributed by atoms with Gasteiger partial charge in [-0.2, -0.15) is 15.0 Å². The molecule has 13 nitrogen and oxygen atoms in total. The highest BCUT2D eigenvalue weighted by molar-refractivity contribution is 5.98. The van der Waals surface area contributed by atoms with E-state index in [0.717, 1.165) is 5.69 Å². The Bertz CT molecular complexity index is 1580. The topological polar surface area (TPSA) is 130 Å². The molecule has 0 radical (unpaired) electrons. The molecule has 0 spiro atoms. The first-order valence-electron chi connectivity index (χ1n) is 11.2. The first kappa shape index (κ1) is 21.2. The average Bonchev–Trinajstić information content (AvgIpc) is 3.58. The molecule has 1 aliphatic rings. The molecule has 35 heavy (non-hydrogen) atoms. The van der Waals surface area contributed by atoms with Crippen LogP contribution in [0.25, 0.3) is 16.7 Å². The van der Waals surface area contributed by atoms with Crippen molar-refractivity contribution in [2.24, 2.45) is 0 Å². The molecule has 5 aromatic heterocycles. The summed E-state index contributed by atoms with van der Waals surface area (Å²) in [4.78, 5) is 34.4. The lowest BCUT2D eigenvalue weighted by Crippen LogP contribution is -2.51. The lowest BCUT2D eigenvalue weighted by Gasteiger charge is -2.38. The molecule has 1 amide bonds. The molecular weight excluding hydrogens is 452 g/mol. The number of hydrogen-bond acceptors (Lipinski definition) is 8. The number of ether oxygens (including phenoxy) is 1. The molecule has 13 heteroatoms. The SMILES string of the molecule is COCCn1c(C(=O)N2CC(n3cc(Cn4nccn4)nn3)C2)cc2c(=O)n3ccccc3nc21. The Labute approximate surface area is 198 Å². The maximum absolute atomic E-state index is 13.4. The third-order valence-corrected chi connectivity index (χ3v) is 6.17. The Balaban J connectivity index is 1.25. The molecule has 0 aliphatic carbocycles. The summed E-state index contributed by atoms with van der Waals surface area (Å²) in [7, 11) is 1.60. The zero-order valence-corrected chi connectivity index (χ0v) is 18.9. The zero-order valence-electron chi connectivity index (χ0n) is 18.9. The number of carbonyl (C=O) groups excluding carboxylic acids is 1. The van der Waals surface area contributed by atoms with Crippen LogP contribution in [0.4, 0.5) is 0 Å². The zero-order chi connectivity index (χ0) is 23.9. The van der Waals surface area contributed by atoms with Crippen LogP contribution in [0.1, 0.15) is 22.2 Å². The number of fused-ring (bicyclic) bond motifs is 2. The first-order valence-corrected chi connectivity index (χ1v) is 11.2. The van der Waals surface area contributed by atoms with E-state index in [1.165, 1.54) is 9.20 Å². The molecule has 5 aromatic rings. The summed E-state index contributed by atoms with van der Waals surface area (Å²) in [6, 6.07) is 7.03. The van der Waals surface area contributed by atoms with Crippen LogP contribution in [-0.4, -0.2) is 81.6 Å². The predicted molar refractivity (Wildman–Crippen MR) is 123 cm³/mol. The second kappa shape index (κ2) is 8.43. The molecule has 1 aliphatic heterocycles. The van der Waals surface area contributed by atoms with E-state index in [0.29, 0.717) is 55.2 Å². The predicted octanol–water partition coefficient (Wildman–Crippen LogP) is 0.224. The van der Waals surface area contributed by atoms with Crippen LogP contribution in [0.2, 0.25) is 0 Å². The maximum Gasteiger partial charge on any atom is 0.270 e. The summed E-state index contributed by atoms with van der Waals surface area (Å²) in [5, 5.41) is 16.9. The fraction of sp³-hybridized carbons (Fsp3) is 0.318. The maximum atomic E-state index is 13.4. The van der Waals surface area contributed by atoms with Gasteiger partial charge in [-0.3, -0.25) is 14.0 Å². The second-order valence-corrected chi connectivity index (χ2v) is 8.37. The van der Waals surface area contributed by atoms with Crippen LogP contribution in [-0.2, 0) is 17.8 Å². The van der Waals surface area contributed by atoms with Crippen molar-refractivity contribution in [3.8, 4) is 0 Å². The standard InChI is InChI=1S/C22H22N10O3/c1-35-9-8-29-18(10-17-20(29)25-19-4-2-3-7-30(19)21(17)33)22(34)28-13-16(14-28)31-11-15(26-27-31)12-32-23-5-6-24-32/h2-7,10-11,16H,8-9,12-14H2,1H3. The van der Waals surface area contributed by atoms with E-state index < -0.39 is 0 Å². The van der Waals surface area contributed by atoms with Gasteiger partial charge in [0.1, 0.15) is 29.2 Å². The van der Waals surface area contributed by atoms with Gasteiger partial charge in [-0.1, -0.05) is 11.3 Å². The van der Waals surface area contributed by atoms with Gasteiger partial charge in [0.15, 0.2) is 0 Å². The van der Waals surface area contributed by atoms with Gasteiger partial charge in [-0.25, -0.2) is 9.67 Å². The highest BCUT2D eigenvalue weighted by atomic mass is 16.5. The Hall–Kier alpha value is -4.39. The van der Waals surface area contributed by atoms with Crippen LogP contribution in [0.5, 0.6) is 0 Å². The van der Waals surface area contributed by atoms with Crippen molar-refractivity contribution in [3.05, 3.63) is 70.8 Å². The minimum atomic E-state index is -0.209. The van der Waals surface area contributed by atoms with Crippen LogP contribution in [0.15, 0.2) is 53.8 Å². The van der Waals surface area contributed by atoms with Gasteiger partial charge in [0.25, 0.3) is 11.5 Å². The van der Waals surface area contributed by atoms with E-state index in [4.69, 9.17) is 4.74 Å². The van der Waals surface area contributed by atoms with Gasteiger partial charge in [-0.05, 0) is 18.2 Å². The molecule has 6 heterocycles. The van der Waals surface area contributed by atoms with Crippen LogP contribution in [0.3, 0.4) is 0 Å². The number of hydrogen-bond donors (Lipinski definition) is 0. The Morgan fingerprint density at radius 1 is 1.20 bits per heavy atom. The molecule has 0 atom stereocenters. The summed E-state index contributed by atoms with van der Waals surface area (Å²) in [5.41, 5.74) is 1.95. The highest BCUT2D eigenvalue weighted by Gasteiger charge is 2.35. The lowest BCUT2D eigenvalue weighted by atomic mass is 10.1. The van der Waals surface area contributed by atoms with E-state index in [-0.39, 0.29) is 17.5 Å². The van der Waals surface area contributed by atoms with Gasteiger partial charge < -0.3 is 14.2 Å². The van der Waals surface area contributed by atoms with Crippen LogP contribution < -0.4 is 5.56 Å². The minimum absolute atomic E-state index is 0.0222. The average molecular weight is 474 g/mol. The largest absolute Gasteiger partial charge is 0.383 e. The van der Waals surface area contributed by atoms with Crippen molar-refractivity contribution in [2.45, 2.75) is 19.1 Å². The molecule has 0 N–H and O–H groups in total. The number of methoxy groups -OCH3 is 1. The number of likely N-dealkylation sites (tertiary alicyclic amines) is 1. The molecule has 0 unspecified atom stereocenters. The number of pyridine rings is 1. The summed E-state index contributed by atoms with van der Waals surface area (Å²) in [6.45, 7) is 2.19. The smallest absolute Gasteiger partial charge is 0.270 e. The molecular formula is C22H22N10O3. The molecule has 0 saturated carbocycles. The fourth-order valence-electron chi connectivity index (χ4n) is 4.32. The molecule has 0 aromatic carbocycles. The van der Waals surface area contributed by atoms with Gasteiger partial charge >= 0.3 is 0 Å². The van der Waals surface area contributed by atoms with Crippen molar-refractivity contribution in [3.63, 3.8) is 0 Å². The van der Waals surface area contributed by atoms with E-state index in [1.54, 1.807) is 58.0 Å². The molecule has 1 saturated heterocycles. The summed E-state index contributed by atoms with van der Waals surface area (Å²) < 4.78 is 10.3. The van der Waals surface area contributed by atoms with E-state index >= 15 is 0 Å². The number of aromatic nitrogens is 9. The summed E-state index contributed by atoms with van der Waals surface area (Å²) >= 11 is 0. The van der Waals surface area contributed by atoms with Gasteiger partial charge in [-0.15, -0.1) is 5.10 Å². The molecule has 6 rings (SSSR count). The number of rotatable bonds is 7. The van der Waals surface area contributed by atoms with E-state index in [9.17, 15) is 9.59 Å². The number of nitrogens with zero attached hydrogens (tertiary/aromatic N) is 10. The Kier molecular flexibility index (Phi) is 5.10. The third-order valence-electron chi connectivity index (χ3n) is 6.17. The number of carbonyl (C=O) groups is 1. The molecule has 178 valence electrons. The van der Waals surface area contributed by atoms with Crippen molar-refractivity contribution in [1.29, 1.82) is 0 Å². The molecule has 0 bridgehead atoms. The van der Waals surface area contributed by atoms with Crippen LogP contribution in [0, 0.1) is 0 Å². The van der Waals surface area contributed by atoms with Crippen molar-refractivity contribution >= 4 is 22.6 Å². The van der Waals surface area contributed by atoms with E-state index in [1.807, 2.05) is 12.3 Å². The fourth-order valence-corrected chi connectivity index (χ4v) is 4.32. The van der Waals surface area contributed by atoms with Gasteiger partial charge in [0.05, 0.1) is 36.6 Å². The van der Waals surface area contributed by atoms with Gasteiger partial charge in [0.2, 0.25) is 0 Å². The van der Waals surface area contributed by atoms with Crippen molar-refractivity contribution in [2.75, 3.05) is 26.8 Å². The minimum Gasteiger partial charge on any atom is -0.383 e. The van der Waals surface area contributed by atoms with Crippen molar-refractivity contribution < 1.29 is 9.53 Å².